The summed E-state index contributed by atoms with van der Waals surface area (Å²) in [5.41, 5.74) is 1.29. The molecule has 0 saturated carbocycles. The first-order chi connectivity index (χ1) is 9.54. The molecule has 0 aliphatic carbocycles. The molecule has 0 atom stereocenters. The molecular formula is C14H10ClIN2OS. The first kappa shape index (κ1) is 15.2. The molecule has 0 radical (unpaired) electrons. The standard InChI is InChI=1S/C14H10ClIN2OS/c15-10-4-2-6-12(8-10)17-14(20)18-13(19)9-3-1-5-11(16)7-9/h1-8H,(H2,17,18,19,20). The molecule has 0 aliphatic heterocycles. The van der Waals surface area contributed by atoms with Gasteiger partial charge in [-0.1, -0.05) is 23.7 Å². The molecule has 102 valence electrons. The van der Waals surface area contributed by atoms with Gasteiger partial charge in [0, 0.05) is 19.8 Å². The summed E-state index contributed by atoms with van der Waals surface area (Å²) in [6, 6.07) is 14.4. The Morgan fingerprint density at radius 3 is 2.60 bits per heavy atom. The summed E-state index contributed by atoms with van der Waals surface area (Å²) in [6.45, 7) is 0. The molecule has 0 aromatic heterocycles. The molecule has 2 rings (SSSR count). The van der Waals surface area contributed by atoms with Crippen LogP contribution in [-0.4, -0.2) is 11.0 Å². The van der Waals surface area contributed by atoms with E-state index in [0.717, 1.165) is 9.26 Å². The average Bonchev–Trinajstić information content (AvgIpc) is 2.38. The van der Waals surface area contributed by atoms with Crippen LogP contribution in [0.25, 0.3) is 0 Å². The molecule has 3 nitrogen and oxygen atoms in total. The van der Waals surface area contributed by atoms with E-state index in [2.05, 4.69) is 33.2 Å². The van der Waals surface area contributed by atoms with Crippen molar-refractivity contribution in [3.05, 3.63) is 62.7 Å². The molecule has 0 bridgehead atoms. The van der Waals surface area contributed by atoms with Gasteiger partial charge in [0.25, 0.3) is 5.91 Å². The lowest BCUT2D eigenvalue weighted by Gasteiger charge is -2.10. The second-order valence-electron chi connectivity index (χ2n) is 3.93. The molecule has 0 saturated heterocycles. The zero-order valence-corrected chi connectivity index (χ0v) is 13.9. The number of amides is 1. The highest BCUT2D eigenvalue weighted by Gasteiger charge is 2.08. The molecule has 2 aromatic carbocycles. The second kappa shape index (κ2) is 7.01. The minimum absolute atomic E-state index is 0.233. The van der Waals surface area contributed by atoms with E-state index in [1.54, 1.807) is 30.3 Å². The number of hydrogen-bond donors (Lipinski definition) is 2. The maximum absolute atomic E-state index is 12.0. The van der Waals surface area contributed by atoms with Gasteiger partial charge in [0.2, 0.25) is 0 Å². The number of benzene rings is 2. The fourth-order valence-electron chi connectivity index (χ4n) is 1.53. The summed E-state index contributed by atoms with van der Waals surface area (Å²) < 4.78 is 0.990. The molecular weight excluding hydrogens is 407 g/mol. The lowest BCUT2D eigenvalue weighted by atomic mass is 10.2. The molecule has 20 heavy (non-hydrogen) atoms. The first-order valence-electron chi connectivity index (χ1n) is 5.68. The number of rotatable bonds is 2. The Bertz CT molecular complexity index is 663. The molecule has 2 aromatic rings. The number of anilines is 1. The van der Waals surface area contributed by atoms with Gasteiger partial charge in [-0.2, -0.15) is 0 Å². The van der Waals surface area contributed by atoms with Crippen molar-refractivity contribution in [2.24, 2.45) is 0 Å². The molecule has 0 spiro atoms. The van der Waals surface area contributed by atoms with E-state index in [4.69, 9.17) is 23.8 Å². The second-order valence-corrected chi connectivity index (χ2v) is 6.02. The summed E-state index contributed by atoms with van der Waals surface area (Å²) in [4.78, 5) is 12.0. The predicted molar refractivity (Wildman–Crippen MR) is 94.3 cm³/mol. The molecule has 0 aliphatic rings. The van der Waals surface area contributed by atoms with Crippen molar-refractivity contribution in [2.75, 3.05) is 5.32 Å². The highest BCUT2D eigenvalue weighted by atomic mass is 127. The van der Waals surface area contributed by atoms with E-state index in [-0.39, 0.29) is 11.0 Å². The van der Waals surface area contributed by atoms with Crippen molar-refractivity contribution >= 4 is 63.1 Å². The van der Waals surface area contributed by atoms with Crippen LogP contribution in [0, 0.1) is 3.57 Å². The molecule has 6 heteroatoms. The average molecular weight is 417 g/mol. The van der Waals surface area contributed by atoms with Gasteiger partial charge in [-0.3, -0.25) is 10.1 Å². The van der Waals surface area contributed by atoms with Gasteiger partial charge in [-0.05, 0) is 71.2 Å². The topological polar surface area (TPSA) is 41.1 Å². The maximum atomic E-state index is 12.0. The van der Waals surface area contributed by atoms with Crippen LogP contribution < -0.4 is 10.6 Å². The smallest absolute Gasteiger partial charge is 0.257 e. The van der Waals surface area contributed by atoms with Crippen molar-refractivity contribution in [3.8, 4) is 0 Å². The lowest BCUT2D eigenvalue weighted by molar-refractivity contribution is 0.0977. The van der Waals surface area contributed by atoms with Gasteiger partial charge in [-0.25, -0.2) is 0 Å². The molecule has 2 N–H and O–H groups in total. The third kappa shape index (κ3) is 4.43. The zero-order valence-electron chi connectivity index (χ0n) is 10.2. The first-order valence-corrected chi connectivity index (χ1v) is 7.54. The number of hydrogen-bond acceptors (Lipinski definition) is 2. The third-order valence-corrected chi connectivity index (χ3v) is 3.51. The van der Waals surface area contributed by atoms with Crippen molar-refractivity contribution in [2.45, 2.75) is 0 Å². The fraction of sp³-hybridized carbons (Fsp3) is 0. The normalized spacial score (nSPS) is 9.90. The SMILES string of the molecule is O=C(NC(=S)Nc1cccc(Cl)c1)c1cccc(I)c1. The van der Waals surface area contributed by atoms with E-state index in [1.165, 1.54) is 0 Å². The summed E-state index contributed by atoms with van der Waals surface area (Å²) in [7, 11) is 0. The van der Waals surface area contributed by atoms with Gasteiger partial charge >= 0.3 is 0 Å². The van der Waals surface area contributed by atoms with Crippen LogP contribution in [0.1, 0.15) is 10.4 Å². The van der Waals surface area contributed by atoms with Crippen molar-refractivity contribution in [1.29, 1.82) is 0 Å². The highest BCUT2D eigenvalue weighted by Crippen LogP contribution is 2.14. The van der Waals surface area contributed by atoms with Gasteiger partial charge < -0.3 is 5.32 Å². The van der Waals surface area contributed by atoms with Crippen molar-refractivity contribution < 1.29 is 4.79 Å². The number of halogens is 2. The van der Waals surface area contributed by atoms with Crippen LogP contribution in [0.5, 0.6) is 0 Å². The van der Waals surface area contributed by atoms with Crippen molar-refractivity contribution in [3.63, 3.8) is 0 Å². The molecule has 0 heterocycles. The largest absolute Gasteiger partial charge is 0.332 e. The zero-order chi connectivity index (χ0) is 14.5. The third-order valence-electron chi connectivity index (χ3n) is 2.40. The number of carbonyl (C=O) groups is 1. The Morgan fingerprint density at radius 2 is 1.90 bits per heavy atom. The van der Waals surface area contributed by atoms with Gasteiger partial charge in [0.05, 0.1) is 0 Å². The number of nitrogens with one attached hydrogen (secondary N) is 2. The van der Waals surface area contributed by atoms with Crippen LogP contribution in [0.15, 0.2) is 48.5 Å². The Labute approximate surface area is 140 Å². The molecule has 0 fully saturated rings. The number of thiocarbonyl (C=S) groups is 1. The lowest BCUT2D eigenvalue weighted by Crippen LogP contribution is -2.34. The van der Waals surface area contributed by atoms with Crippen LogP contribution >= 0.6 is 46.4 Å². The van der Waals surface area contributed by atoms with E-state index >= 15 is 0 Å². The predicted octanol–water partition coefficient (Wildman–Crippen LogP) is 4.07. The van der Waals surface area contributed by atoms with Crippen LogP contribution in [0.3, 0.4) is 0 Å². The Balaban J connectivity index is 1.99. The molecule has 0 unspecified atom stereocenters. The van der Waals surface area contributed by atoms with E-state index in [9.17, 15) is 4.79 Å². The summed E-state index contributed by atoms with van der Waals surface area (Å²) in [5, 5.41) is 6.37. The molecule has 1 amide bonds. The van der Waals surface area contributed by atoms with E-state index in [1.807, 2.05) is 18.2 Å². The minimum atomic E-state index is -0.247. The van der Waals surface area contributed by atoms with Crippen LogP contribution in [0.4, 0.5) is 5.69 Å². The van der Waals surface area contributed by atoms with Crippen LogP contribution in [0.2, 0.25) is 5.02 Å². The maximum Gasteiger partial charge on any atom is 0.257 e. The monoisotopic (exact) mass is 416 g/mol. The van der Waals surface area contributed by atoms with Crippen molar-refractivity contribution in [1.82, 2.24) is 5.32 Å². The summed E-state index contributed by atoms with van der Waals surface area (Å²) in [5.74, 6) is -0.247. The van der Waals surface area contributed by atoms with E-state index in [0.29, 0.717) is 10.6 Å². The Hall–Kier alpha value is -1.18. The minimum Gasteiger partial charge on any atom is -0.332 e. The number of carbonyl (C=O) groups excluding carboxylic acids is 1. The van der Waals surface area contributed by atoms with Gasteiger partial charge in [0.1, 0.15) is 0 Å². The Kier molecular flexibility index (Phi) is 5.33. The Morgan fingerprint density at radius 1 is 1.15 bits per heavy atom. The van der Waals surface area contributed by atoms with Gasteiger partial charge in [-0.15, -0.1) is 0 Å². The van der Waals surface area contributed by atoms with Gasteiger partial charge in [0.15, 0.2) is 5.11 Å². The quantitative estimate of drug-likeness (QED) is 0.573. The summed E-state index contributed by atoms with van der Waals surface area (Å²) in [6.07, 6.45) is 0. The highest BCUT2D eigenvalue weighted by molar-refractivity contribution is 14.1. The fourth-order valence-corrected chi connectivity index (χ4v) is 2.48. The van der Waals surface area contributed by atoms with E-state index < -0.39 is 0 Å². The van der Waals surface area contributed by atoms with Crippen LogP contribution in [-0.2, 0) is 0 Å². The summed E-state index contributed by atoms with van der Waals surface area (Å²) >= 11 is 13.1.